The fourth-order valence-corrected chi connectivity index (χ4v) is 7.09. The highest BCUT2D eigenvalue weighted by atomic mass is 32.1. The monoisotopic (exact) mass is 552 g/mol. The lowest BCUT2D eigenvalue weighted by molar-refractivity contribution is 0.669. The van der Waals surface area contributed by atoms with Crippen LogP contribution in [-0.4, -0.2) is 0 Å². The molecule has 3 nitrogen and oxygen atoms in total. The number of thiophene rings is 1. The molecule has 2 heterocycles. The molecule has 8 aromatic rings. The molecule has 6 aromatic carbocycles. The molecule has 0 radical (unpaired) electrons. The molecule has 2 aromatic heterocycles. The normalized spacial score (nSPS) is 11.3. The van der Waals surface area contributed by atoms with Crippen LogP contribution in [0.25, 0.3) is 75.5 Å². The second-order valence-electron chi connectivity index (χ2n) is 10.3. The SMILES string of the molecule is N#Cc1ccc(-c2cc(-c3ccc4sc5ccccc5c4c3)c(C#N)c(-c3cccc4oc5ccccc5c34)c2)cc1. The molecule has 0 atom stereocenters. The van der Waals surface area contributed by atoms with Gasteiger partial charge in [0.1, 0.15) is 17.2 Å². The largest absolute Gasteiger partial charge is 0.456 e. The topological polar surface area (TPSA) is 60.7 Å². The number of nitrogens with zero attached hydrogens (tertiary/aromatic N) is 2. The quantitative estimate of drug-likeness (QED) is 0.219. The van der Waals surface area contributed by atoms with E-state index in [0.29, 0.717) is 11.1 Å². The van der Waals surface area contributed by atoms with Gasteiger partial charge in [-0.1, -0.05) is 66.7 Å². The minimum absolute atomic E-state index is 0.609. The highest BCUT2D eigenvalue weighted by molar-refractivity contribution is 7.25. The Kier molecular flexibility index (Phi) is 5.44. The second kappa shape index (κ2) is 9.46. The molecule has 0 unspecified atom stereocenters. The van der Waals surface area contributed by atoms with E-state index in [1.807, 2.05) is 54.6 Å². The highest BCUT2D eigenvalue weighted by Crippen LogP contribution is 2.43. The summed E-state index contributed by atoms with van der Waals surface area (Å²) in [6.07, 6.45) is 0. The number of para-hydroxylation sites is 1. The summed E-state index contributed by atoms with van der Waals surface area (Å²) in [4.78, 5) is 0. The number of benzene rings is 6. The number of rotatable bonds is 3. The van der Waals surface area contributed by atoms with Crippen LogP contribution >= 0.6 is 11.3 Å². The Balaban J connectivity index is 1.45. The van der Waals surface area contributed by atoms with Crippen molar-refractivity contribution < 1.29 is 4.42 Å². The molecule has 8 rings (SSSR count). The van der Waals surface area contributed by atoms with Gasteiger partial charge in [0.2, 0.25) is 0 Å². The fourth-order valence-electron chi connectivity index (χ4n) is 6.00. The summed E-state index contributed by atoms with van der Waals surface area (Å²) in [5.74, 6) is 0. The van der Waals surface area contributed by atoms with Crippen molar-refractivity contribution >= 4 is 53.4 Å². The maximum Gasteiger partial charge on any atom is 0.136 e. The van der Waals surface area contributed by atoms with Crippen molar-refractivity contribution in [3.63, 3.8) is 0 Å². The molecule has 0 aliphatic carbocycles. The molecule has 42 heavy (non-hydrogen) atoms. The molecular weight excluding hydrogens is 532 g/mol. The van der Waals surface area contributed by atoms with E-state index in [1.165, 1.54) is 20.2 Å². The first-order chi connectivity index (χ1) is 20.7. The molecule has 0 bridgehead atoms. The number of furan rings is 1. The maximum atomic E-state index is 10.7. The van der Waals surface area contributed by atoms with Crippen LogP contribution in [0.4, 0.5) is 0 Å². The van der Waals surface area contributed by atoms with E-state index < -0.39 is 0 Å². The maximum absolute atomic E-state index is 10.7. The van der Waals surface area contributed by atoms with Gasteiger partial charge in [0.25, 0.3) is 0 Å². The molecule has 0 aliphatic rings. The Morgan fingerprint density at radius 2 is 1.21 bits per heavy atom. The third kappa shape index (κ3) is 3.71. The lowest BCUT2D eigenvalue weighted by Crippen LogP contribution is -1.93. The van der Waals surface area contributed by atoms with Gasteiger partial charge in [-0.2, -0.15) is 10.5 Å². The summed E-state index contributed by atoms with van der Waals surface area (Å²) < 4.78 is 8.68. The summed E-state index contributed by atoms with van der Waals surface area (Å²) in [5.41, 5.74) is 8.44. The van der Waals surface area contributed by atoms with Crippen LogP contribution in [0.15, 0.2) is 126 Å². The third-order valence-electron chi connectivity index (χ3n) is 7.98. The van der Waals surface area contributed by atoms with Gasteiger partial charge >= 0.3 is 0 Å². The number of fused-ring (bicyclic) bond motifs is 6. The number of nitriles is 2. The van der Waals surface area contributed by atoms with E-state index in [2.05, 4.69) is 78.9 Å². The predicted molar refractivity (Wildman–Crippen MR) is 172 cm³/mol. The predicted octanol–water partition coefficient (Wildman–Crippen LogP) is 10.7. The molecule has 0 aliphatic heterocycles. The van der Waals surface area contributed by atoms with E-state index >= 15 is 0 Å². The van der Waals surface area contributed by atoms with Crippen LogP contribution in [0.5, 0.6) is 0 Å². The van der Waals surface area contributed by atoms with E-state index in [9.17, 15) is 10.5 Å². The average molecular weight is 553 g/mol. The van der Waals surface area contributed by atoms with Crippen molar-refractivity contribution in [2.75, 3.05) is 0 Å². The van der Waals surface area contributed by atoms with Crippen LogP contribution in [-0.2, 0) is 0 Å². The minimum atomic E-state index is 0.609. The molecular formula is C38H20N2OS. The van der Waals surface area contributed by atoms with Gasteiger partial charge in [-0.15, -0.1) is 11.3 Å². The van der Waals surface area contributed by atoms with Gasteiger partial charge in [0, 0.05) is 42.1 Å². The molecule has 0 amide bonds. The van der Waals surface area contributed by atoms with Crippen molar-refractivity contribution in [2.45, 2.75) is 0 Å². The Bertz CT molecular complexity index is 2430. The highest BCUT2D eigenvalue weighted by Gasteiger charge is 2.20. The van der Waals surface area contributed by atoms with E-state index in [-0.39, 0.29) is 0 Å². The Hall–Kier alpha value is -5.68. The fraction of sp³-hybridized carbons (Fsp3) is 0. The second-order valence-corrected chi connectivity index (χ2v) is 11.4. The van der Waals surface area contributed by atoms with Crippen molar-refractivity contribution in [1.82, 2.24) is 0 Å². The van der Waals surface area contributed by atoms with Crippen LogP contribution in [0.3, 0.4) is 0 Å². The Morgan fingerprint density at radius 1 is 0.500 bits per heavy atom. The lowest BCUT2D eigenvalue weighted by atomic mass is 9.86. The summed E-state index contributed by atoms with van der Waals surface area (Å²) in [6.45, 7) is 0. The number of hydrogen-bond acceptors (Lipinski definition) is 4. The zero-order chi connectivity index (χ0) is 28.2. The molecule has 194 valence electrons. The Labute approximate surface area is 245 Å². The van der Waals surface area contributed by atoms with Crippen molar-refractivity contribution in [2.24, 2.45) is 0 Å². The van der Waals surface area contributed by atoms with Gasteiger partial charge in [-0.3, -0.25) is 0 Å². The van der Waals surface area contributed by atoms with E-state index in [4.69, 9.17) is 4.42 Å². The van der Waals surface area contributed by atoms with Crippen LogP contribution in [0, 0.1) is 22.7 Å². The molecule has 0 saturated carbocycles. The van der Waals surface area contributed by atoms with Gasteiger partial charge in [-0.25, -0.2) is 0 Å². The first-order valence-electron chi connectivity index (χ1n) is 13.6. The molecule has 0 spiro atoms. The smallest absolute Gasteiger partial charge is 0.136 e. The minimum Gasteiger partial charge on any atom is -0.456 e. The van der Waals surface area contributed by atoms with Gasteiger partial charge in [0.15, 0.2) is 0 Å². The van der Waals surface area contributed by atoms with Gasteiger partial charge in [-0.05, 0) is 76.9 Å². The standard InChI is InChI=1S/C38H20N2OS/c39-21-23-12-14-24(15-13-23)26-19-30(25-16-17-37-32(18-25)27-6-2-4-11-36(27)42-37)33(22-40)31(20-26)28-8-5-10-35-38(28)29-7-1-3-9-34(29)41-35/h1-20H. The third-order valence-corrected chi connectivity index (χ3v) is 9.13. The van der Waals surface area contributed by atoms with Crippen LogP contribution in [0.1, 0.15) is 11.1 Å². The van der Waals surface area contributed by atoms with Crippen molar-refractivity contribution in [1.29, 1.82) is 10.5 Å². The van der Waals surface area contributed by atoms with Crippen molar-refractivity contribution in [3.05, 3.63) is 132 Å². The summed E-state index contributed by atoms with van der Waals surface area (Å²) in [7, 11) is 0. The van der Waals surface area contributed by atoms with Gasteiger partial charge in [0.05, 0.1) is 17.2 Å². The van der Waals surface area contributed by atoms with Gasteiger partial charge < -0.3 is 4.42 Å². The van der Waals surface area contributed by atoms with E-state index in [1.54, 1.807) is 11.3 Å². The summed E-state index contributed by atoms with van der Waals surface area (Å²) in [6, 6.07) is 45.6. The van der Waals surface area contributed by atoms with Crippen LogP contribution < -0.4 is 0 Å². The molecule has 0 fully saturated rings. The zero-order valence-corrected chi connectivity index (χ0v) is 23.1. The summed E-state index contributed by atoms with van der Waals surface area (Å²) >= 11 is 1.78. The summed E-state index contributed by atoms with van der Waals surface area (Å²) in [5, 5.41) is 24.5. The first kappa shape index (κ1) is 24.1. The van der Waals surface area contributed by atoms with E-state index in [0.717, 1.165) is 55.3 Å². The number of hydrogen-bond donors (Lipinski definition) is 0. The van der Waals surface area contributed by atoms with Crippen LogP contribution in [0.2, 0.25) is 0 Å². The molecule has 0 N–H and O–H groups in total. The first-order valence-corrected chi connectivity index (χ1v) is 14.4. The molecule has 0 saturated heterocycles. The van der Waals surface area contributed by atoms with Crippen molar-refractivity contribution in [3.8, 4) is 45.5 Å². The zero-order valence-electron chi connectivity index (χ0n) is 22.3. The molecule has 4 heteroatoms. The Morgan fingerprint density at radius 3 is 2.05 bits per heavy atom. The average Bonchev–Trinajstić information content (AvgIpc) is 3.62. The lowest BCUT2D eigenvalue weighted by Gasteiger charge is -2.15.